The van der Waals surface area contributed by atoms with Crippen LogP contribution in [-0.4, -0.2) is 29.4 Å². The number of nitrogen functional groups attached to an aromatic ring is 1. The van der Waals surface area contributed by atoms with Gasteiger partial charge in [0.15, 0.2) is 5.16 Å². The average Bonchev–Trinajstić information content (AvgIpc) is 2.11. The van der Waals surface area contributed by atoms with Crippen molar-refractivity contribution in [1.82, 2.24) is 9.97 Å². The summed E-state index contributed by atoms with van der Waals surface area (Å²) in [4.78, 5) is 8.27. The number of halogens is 1. The summed E-state index contributed by atoms with van der Waals surface area (Å²) in [6.07, 6.45) is 0.983. The summed E-state index contributed by atoms with van der Waals surface area (Å²) < 4.78 is 5.66. The van der Waals surface area contributed by atoms with E-state index in [0.717, 1.165) is 23.4 Å². The first-order valence-electron chi connectivity index (χ1n) is 4.14. The zero-order chi connectivity index (χ0) is 10.4. The molecular weight excluding hydrogens is 266 g/mol. The summed E-state index contributed by atoms with van der Waals surface area (Å²) >= 11 is 4.84. The minimum Gasteiger partial charge on any atom is -0.385 e. The van der Waals surface area contributed by atoms with Crippen LogP contribution >= 0.6 is 27.7 Å². The molecule has 1 aromatic heterocycles. The van der Waals surface area contributed by atoms with Crippen molar-refractivity contribution in [2.45, 2.75) is 11.6 Å². The summed E-state index contributed by atoms with van der Waals surface area (Å²) in [6, 6.07) is 1.68. The van der Waals surface area contributed by atoms with Crippen molar-refractivity contribution in [3.63, 3.8) is 0 Å². The summed E-state index contributed by atoms with van der Waals surface area (Å²) in [7, 11) is 1.69. The van der Waals surface area contributed by atoms with Gasteiger partial charge in [-0.1, -0.05) is 11.8 Å². The lowest BCUT2D eigenvalue weighted by Gasteiger charge is -2.01. The van der Waals surface area contributed by atoms with Gasteiger partial charge < -0.3 is 10.5 Å². The molecule has 0 fully saturated rings. The highest BCUT2D eigenvalue weighted by atomic mass is 79.9. The Kier molecular flexibility index (Phi) is 5.21. The lowest BCUT2D eigenvalue weighted by atomic mass is 10.5. The van der Waals surface area contributed by atoms with E-state index in [9.17, 15) is 0 Å². The molecule has 1 rings (SSSR count). The Bertz CT molecular complexity index is 278. The highest BCUT2D eigenvalue weighted by molar-refractivity contribution is 9.10. The number of methoxy groups -OCH3 is 1. The molecule has 0 aromatic carbocycles. The molecule has 1 heterocycles. The molecule has 6 heteroatoms. The predicted octanol–water partition coefficient (Wildman–Crippen LogP) is 1.95. The average molecular weight is 278 g/mol. The summed E-state index contributed by atoms with van der Waals surface area (Å²) in [5.41, 5.74) is 5.57. The van der Waals surface area contributed by atoms with Gasteiger partial charge in [0.2, 0.25) is 0 Å². The first kappa shape index (κ1) is 11.7. The molecule has 0 saturated carbocycles. The Morgan fingerprint density at radius 3 is 3.00 bits per heavy atom. The van der Waals surface area contributed by atoms with Crippen LogP contribution in [0.1, 0.15) is 6.42 Å². The smallest absolute Gasteiger partial charge is 0.190 e. The molecule has 0 radical (unpaired) electrons. The predicted molar refractivity (Wildman–Crippen MR) is 61.4 cm³/mol. The minimum absolute atomic E-state index is 0.487. The molecular formula is C8H12BrN3OS. The Morgan fingerprint density at radius 2 is 2.36 bits per heavy atom. The second kappa shape index (κ2) is 6.21. The minimum atomic E-state index is 0.487. The lowest BCUT2D eigenvalue weighted by molar-refractivity contribution is 0.200. The van der Waals surface area contributed by atoms with Crippen molar-refractivity contribution in [3.8, 4) is 0 Å². The number of aromatic nitrogens is 2. The van der Waals surface area contributed by atoms with Crippen LogP contribution in [0.3, 0.4) is 0 Å². The van der Waals surface area contributed by atoms with E-state index in [1.165, 1.54) is 0 Å². The summed E-state index contributed by atoms with van der Waals surface area (Å²) in [6.45, 7) is 0.760. The van der Waals surface area contributed by atoms with Crippen molar-refractivity contribution < 1.29 is 4.74 Å². The summed E-state index contributed by atoms with van der Waals surface area (Å²) in [5, 5.41) is 0.702. The third-order valence-electron chi connectivity index (χ3n) is 1.42. The quantitative estimate of drug-likeness (QED) is 0.386. The molecule has 0 bridgehead atoms. The molecule has 0 unspecified atom stereocenters. The van der Waals surface area contributed by atoms with Crippen molar-refractivity contribution in [2.75, 3.05) is 25.2 Å². The highest BCUT2D eigenvalue weighted by Gasteiger charge is 2.00. The van der Waals surface area contributed by atoms with Crippen LogP contribution < -0.4 is 5.73 Å². The Morgan fingerprint density at radius 1 is 1.57 bits per heavy atom. The van der Waals surface area contributed by atoms with Crippen molar-refractivity contribution >= 4 is 33.5 Å². The molecule has 14 heavy (non-hydrogen) atoms. The first-order valence-corrected chi connectivity index (χ1v) is 5.92. The van der Waals surface area contributed by atoms with Crippen LogP contribution in [0.15, 0.2) is 15.8 Å². The SMILES string of the molecule is COCCCSc1nc(N)cc(Br)n1. The van der Waals surface area contributed by atoms with E-state index in [1.54, 1.807) is 24.9 Å². The largest absolute Gasteiger partial charge is 0.385 e. The van der Waals surface area contributed by atoms with Gasteiger partial charge in [-0.15, -0.1) is 0 Å². The van der Waals surface area contributed by atoms with Crippen molar-refractivity contribution in [3.05, 3.63) is 10.7 Å². The number of nitrogens with two attached hydrogens (primary N) is 1. The van der Waals surface area contributed by atoms with Crippen LogP contribution in [-0.2, 0) is 4.74 Å². The topological polar surface area (TPSA) is 61.0 Å². The molecule has 0 spiro atoms. The highest BCUT2D eigenvalue weighted by Crippen LogP contribution is 2.18. The maximum Gasteiger partial charge on any atom is 0.190 e. The zero-order valence-electron chi connectivity index (χ0n) is 7.86. The number of thioether (sulfide) groups is 1. The number of hydrogen-bond donors (Lipinski definition) is 1. The number of anilines is 1. The van der Waals surface area contributed by atoms with E-state index >= 15 is 0 Å². The van der Waals surface area contributed by atoms with E-state index < -0.39 is 0 Å². The van der Waals surface area contributed by atoms with E-state index in [0.29, 0.717) is 11.0 Å². The van der Waals surface area contributed by atoms with Gasteiger partial charge in [-0.25, -0.2) is 9.97 Å². The van der Waals surface area contributed by atoms with Crippen LogP contribution in [0.4, 0.5) is 5.82 Å². The van der Waals surface area contributed by atoms with Gasteiger partial charge in [0, 0.05) is 25.5 Å². The second-order valence-electron chi connectivity index (χ2n) is 2.59. The normalized spacial score (nSPS) is 10.4. The van der Waals surface area contributed by atoms with E-state index in [-0.39, 0.29) is 0 Å². The molecule has 1 aromatic rings. The zero-order valence-corrected chi connectivity index (χ0v) is 10.3. The lowest BCUT2D eigenvalue weighted by Crippen LogP contribution is -1.96. The van der Waals surface area contributed by atoms with Gasteiger partial charge in [0.05, 0.1) is 0 Å². The van der Waals surface area contributed by atoms with E-state index in [4.69, 9.17) is 10.5 Å². The number of rotatable bonds is 5. The van der Waals surface area contributed by atoms with Crippen LogP contribution in [0.5, 0.6) is 0 Å². The van der Waals surface area contributed by atoms with Gasteiger partial charge in [-0.3, -0.25) is 0 Å². The van der Waals surface area contributed by atoms with Crippen LogP contribution in [0.25, 0.3) is 0 Å². The third-order valence-corrected chi connectivity index (χ3v) is 2.76. The van der Waals surface area contributed by atoms with E-state index in [1.807, 2.05) is 0 Å². The molecule has 2 N–H and O–H groups in total. The van der Waals surface area contributed by atoms with Crippen molar-refractivity contribution in [2.24, 2.45) is 0 Å². The summed E-state index contributed by atoms with van der Waals surface area (Å²) in [5.74, 6) is 1.42. The maximum absolute atomic E-state index is 5.57. The molecule has 0 amide bonds. The number of nitrogens with zero attached hydrogens (tertiary/aromatic N) is 2. The Balaban J connectivity index is 2.42. The fraction of sp³-hybridized carbons (Fsp3) is 0.500. The Labute approximate surface area is 95.8 Å². The number of ether oxygens (including phenoxy) is 1. The third kappa shape index (κ3) is 4.26. The molecule has 4 nitrogen and oxygen atoms in total. The van der Waals surface area contributed by atoms with Gasteiger partial charge in [-0.05, 0) is 22.4 Å². The number of hydrogen-bond acceptors (Lipinski definition) is 5. The van der Waals surface area contributed by atoms with Crippen LogP contribution in [0, 0.1) is 0 Å². The molecule has 78 valence electrons. The second-order valence-corrected chi connectivity index (χ2v) is 4.47. The molecule has 0 aliphatic carbocycles. The maximum atomic E-state index is 5.57. The monoisotopic (exact) mass is 277 g/mol. The van der Waals surface area contributed by atoms with Gasteiger partial charge in [-0.2, -0.15) is 0 Å². The van der Waals surface area contributed by atoms with E-state index in [2.05, 4.69) is 25.9 Å². The van der Waals surface area contributed by atoms with Gasteiger partial charge >= 0.3 is 0 Å². The standard InChI is InChI=1S/C8H12BrN3OS/c1-13-3-2-4-14-8-11-6(9)5-7(10)12-8/h5H,2-4H2,1H3,(H2,10,11,12). The Hall–Kier alpha value is -0.330. The molecule has 0 aliphatic rings. The fourth-order valence-electron chi connectivity index (χ4n) is 0.845. The first-order chi connectivity index (χ1) is 6.72. The van der Waals surface area contributed by atoms with Crippen LogP contribution in [0.2, 0.25) is 0 Å². The molecule has 0 atom stereocenters. The molecule has 0 saturated heterocycles. The van der Waals surface area contributed by atoms with Gasteiger partial charge in [0.25, 0.3) is 0 Å². The fourth-order valence-corrected chi connectivity index (χ4v) is 2.14. The molecule has 0 aliphatic heterocycles. The van der Waals surface area contributed by atoms with Crippen molar-refractivity contribution in [1.29, 1.82) is 0 Å². The van der Waals surface area contributed by atoms with Gasteiger partial charge in [0.1, 0.15) is 10.4 Å².